The van der Waals surface area contributed by atoms with Crippen molar-refractivity contribution in [3.05, 3.63) is 53.3 Å². The van der Waals surface area contributed by atoms with Crippen molar-refractivity contribution in [1.29, 1.82) is 0 Å². The first-order valence-corrected chi connectivity index (χ1v) is 9.78. The summed E-state index contributed by atoms with van der Waals surface area (Å²) in [6, 6.07) is 7.94. The van der Waals surface area contributed by atoms with Crippen molar-refractivity contribution in [2.75, 3.05) is 33.3 Å². The number of methoxy groups -OCH3 is 1. The number of piperazine rings is 1. The minimum Gasteiger partial charge on any atom is -0.496 e. The Morgan fingerprint density at radius 1 is 1.19 bits per heavy atom. The van der Waals surface area contributed by atoms with Crippen LogP contribution in [0.15, 0.2) is 47.6 Å². The Kier molecular flexibility index (Phi) is 5.45. The summed E-state index contributed by atoms with van der Waals surface area (Å²) in [5.74, 6) is 0.201. The molecular formula is C17H18ClN3O4S. The Hall–Kier alpha value is -2.16. The fourth-order valence-corrected chi connectivity index (χ4v) is 4.36. The lowest BCUT2D eigenvalue weighted by Crippen LogP contribution is -2.50. The summed E-state index contributed by atoms with van der Waals surface area (Å²) in [6.07, 6.45) is 2.84. The summed E-state index contributed by atoms with van der Waals surface area (Å²) in [6.45, 7) is 1.000. The van der Waals surface area contributed by atoms with Crippen LogP contribution in [0.25, 0.3) is 0 Å². The van der Waals surface area contributed by atoms with Crippen LogP contribution >= 0.6 is 11.6 Å². The maximum atomic E-state index is 12.8. The van der Waals surface area contributed by atoms with Crippen molar-refractivity contribution in [1.82, 2.24) is 14.2 Å². The molecule has 0 unspecified atom stereocenters. The van der Waals surface area contributed by atoms with Gasteiger partial charge in [-0.1, -0.05) is 11.6 Å². The van der Waals surface area contributed by atoms with Gasteiger partial charge < -0.3 is 9.64 Å². The van der Waals surface area contributed by atoms with Crippen molar-refractivity contribution in [2.45, 2.75) is 4.90 Å². The first-order valence-electron chi connectivity index (χ1n) is 7.96. The molecule has 0 atom stereocenters. The molecule has 138 valence electrons. The second kappa shape index (κ2) is 7.61. The molecule has 1 aromatic heterocycles. The number of halogens is 1. The van der Waals surface area contributed by atoms with Gasteiger partial charge in [-0.3, -0.25) is 9.78 Å². The zero-order valence-electron chi connectivity index (χ0n) is 14.1. The molecule has 1 aliphatic rings. The minimum absolute atomic E-state index is 0.149. The zero-order valence-corrected chi connectivity index (χ0v) is 15.7. The highest BCUT2D eigenvalue weighted by atomic mass is 35.5. The van der Waals surface area contributed by atoms with E-state index in [1.807, 2.05) is 0 Å². The van der Waals surface area contributed by atoms with Gasteiger partial charge in [-0.2, -0.15) is 4.31 Å². The number of aromatic nitrogens is 1. The maximum absolute atomic E-state index is 12.8. The van der Waals surface area contributed by atoms with Crippen LogP contribution in [0.4, 0.5) is 0 Å². The molecule has 0 N–H and O–H groups in total. The Morgan fingerprint density at radius 3 is 2.54 bits per heavy atom. The summed E-state index contributed by atoms with van der Waals surface area (Å²) in [5.41, 5.74) is 0.364. The molecule has 0 aliphatic carbocycles. The molecule has 9 heteroatoms. The third-order valence-corrected chi connectivity index (χ3v) is 6.31. The predicted octanol–water partition coefficient (Wildman–Crippen LogP) is 1.89. The molecule has 2 aromatic rings. The second-order valence-electron chi connectivity index (χ2n) is 5.73. The van der Waals surface area contributed by atoms with Crippen LogP contribution in [0.5, 0.6) is 5.75 Å². The third-order valence-electron chi connectivity index (χ3n) is 4.19. The van der Waals surface area contributed by atoms with Gasteiger partial charge in [0.1, 0.15) is 10.6 Å². The molecule has 1 saturated heterocycles. The van der Waals surface area contributed by atoms with Gasteiger partial charge >= 0.3 is 0 Å². The molecule has 1 amide bonds. The van der Waals surface area contributed by atoms with Crippen LogP contribution in [-0.2, 0) is 10.0 Å². The predicted molar refractivity (Wildman–Crippen MR) is 96.9 cm³/mol. The molecule has 2 heterocycles. The number of pyridine rings is 1. The second-order valence-corrected chi connectivity index (χ2v) is 8.10. The lowest BCUT2D eigenvalue weighted by molar-refractivity contribution is 0.0694. The first kappa shape index (κ1) is 18.6. The van der Waals surface area contributed by atoms with E-state index in [0.717, 1.165) is 0 Å². The lowest BCUT2D eigenvalue weighted by atomic mass is 10.1. The summed E-state index contributed by atoms with van der Waals surface area (Å²) >= 11 is 5.99. The van der Waals surface area contributed by atoms with Gasteiger partial charge in [-0.15, -0.1) is 0 Å². The van der Waals surface area contributed by atoms with Crippen LogP contribution in [0, 0.1) is 0 Å². The Bertz CT molecular complexity index is 897. The molecule has 1 aliphatic heterocycles. The molecule has 7 nitrogen and oxygen atoms in total. The van der Waals surface area contributed by atoms with E-state index in [9.17, 15) is 13.2 Å². The SMILES string of the molecule is COc1ccc(Cl)cc1C(=O)N1CCN(S(=O)(=O)c2cccnc2)CC1. The largest absolute Gasteiger partial charge is 0.496 e. The maximum Gasteiger partial charge on any atom is 0.257 e. The van der Waals surface area contributed by atoms with Crippen LogP contribution < -0.4 is 4.74 Å². The van der Waals surface area contributed by atoms with E-state index < -0.39 is 10.0 Å². The quantitative estimate of drug-likeness (QED) is 0.789. The van der Waals surface area contributed by atoms with Crippen molar-refractivity contribution in [3.63, 3.8) is 0 Å². The topological polar surface area (TPSA) is 79.8 Å². The number of nitrogens with zero attached hydrogens (tertiary/aromatic N) is 3. The molecule has 0 radical (unpaired) electrons. The van der Waals surface area contributed by atoms with E-state index in [-0.39, 0.29) is 37.0 Å². The van der Waals surface area contributed by atoms with Gasteiger partial charge in [-0.05, 0) is 30.3 Å². The first-order chi connectivity index (χ1) is 12.4. The minimum atomic E-state index is -3.61. The molecule has 0 spiro atoms. The highest BCUT2D eigenvalue weighted by Crippen LogP contribution is 2.25. The van der Waals surface area contributed by atoms with Gasteiger partial charge in [0.25, 0.3) is 5.91 Å². The van der Waals surface area contributed by atoms with Gasteiger partial charge in [0.2, 0.25) is 10.0 Å². The van der Waals surface area contributed by atoms with Crippen molar-refractivity contribution in [3.8, 4) is 5.75 Å². The number of benzene rings is 1. The molecule has 3 rings (SSSR count). The standard InChI is InChI=1S/C17H18ClN3O4S/c1-25-16-5-4-13(18)11-15(16)17(22)20-7-9-21(10-8-20)26(23,24)14-3-2-6-19-12-14/h2-6,11-12H,7-10H2,1H3. The van der Waals surface area contributed by atoms with Crippen molar-refractivity contribution in [2.24, 2.45) is 0 Å². The Labute approximate surface area is 157 Å². The zero-order chi connectivity index (χ0) is 18.7. The molecule has 0 bridgehead atoms. The molecule has 0 saturated carbocycles. The van der Waals surface area contributed by atoms with E-state index in [0.29, 0.717) is 16.3 Å². The third kappa shape index (κ3) is 3.67. The summed E-state index contributed by atoms with van der Waals surface area (Å²) in [5, 5.41) is 0.437. The van der Waals surface area contributed by atoms with E-state index >= 15 is 0 Å². The average molecular weight is 396 g/mol. The van der Waals surface area contributed by atoms with E-state index in [2.05, 4.69) is 4.98 Å². The summed E-state index contributed by atoms with van der Waals surface area (Å²) < 4.78 is 31.8. The van der Waals surface area contributed by atoms with Crippen LogP contribution in [0.3, 0.4) is 0 Å². The number of hydrogen-bond donors (Lipinski definition) is 0. The van der Waals surface area contributed by atoms with Crippen LogP contribution in [-0.4, -0.2) is 61.8 Å². The molecule has 26 heavy (non-hydrogen) atoms. The fraction of sp³-hybridized carbons (Fsp3) is 0.294. The number of carbonyl (C=O) groups excluding carboxylic acids is 1. The number of sulfonamides is 1. The van der Waals surface area contributed by atoms with Gasteiger partial charge in [-0.25, -0.2) is 8.42 Å². The fourth-order valence-electron chi connectivity index (χ4n) is 2.80. The Balaban J connectivity index is 1.73. The highest BCUT2D eigenvalue weighted by Gasteiger charge is 2.31. The number of ether oxygens (including phenoxy) is 1. The monoisotopic (exact) mass is 395 g/mol. The lowest BCUT2D eigenvalue weighted by Gasteiger charge is -2.34. The van der Waals surface area contributed by atoms with Gasteiger partial charge in [0.15, 0.2) is 0 Å². The number of carbonyl (C=O) groups is 1. The molecular weight excluding hydrogens is 378 g/mol. The van der Waals surface area contributed by atoms with E-state index in [4.69, 9.17) is 16.3 Å². The smallest absolute Gasteiger partial charge is 0.257 e. The number of hydrogen-bond acceptors (Lipinski definition) is 5. The molecule has 1 fully saturated rings. The van der Waals surface area contributed by atoms with Gasteiger partial charge in [0.05, 0.1) is 12.7 Å². The van der Waals surface area contributed by atoms with Crippen LogP contribution in [0.1, 0.15) is 10.4 Å². The van der Waals surface area contributed by atoms with Crippen molar-refractivity contribution < 1.29 is 17.9 Å². The number of rotatable bonds is 4. The molecule has 1 aromatic carbocycles. The van der Waals surface area contributed by atoms with E-state index in [1.165, 1.54) is 29.9 Å². The van der Waals surface area contributed by atoms with Gasteiger partial charge in [0, 0.05) is 43.6 Å². The average Bonchev–Trinajstić information content (AvgIpc) is 2.68. The summed E-state index contributed by atoms with van der Waals surface area (Å²) in [7, 11) is -2.12. The summed E-state index contributed by atoms with van der Waals surface area (Å²) in [4.78, 5) is 18.4. The Morgan fingerprint density at radius 2 is 1.92 bits per heavy atom. The van der Waals surface area contributed by atoms with Crippen LogP contribution in [0.2, 0.25) is 5.02 Å². The van der Waals surface area contributed by atoms with E-state index in [1.54, 1.807) is 29.2 Å². The highest BCUT2D eigenvalue weighted by molar-refractivity contribution is 7.89. The normalized spacial score (nSPS) is 15.7. The van der Waals surface area contributed by atoms with Crippen molar-refractivity contribution >= 4 is 27.5 Å². The number of amides is 1.